The van der Waals surface area contributed by atoms with Crippen LogP contribution in [0, 0.1) is 16.7 Å². The van der Waals surface area contributed by atoms with E-state index >= 15 is 0 Å². The molecule has 0 amide bonds. The first-order valence-corrected chi connectivity index (χ1v) is 4.11. The Balaban J connectivity index is 2.61. The molecule has 11 heavy (non-hydrogen) atoms. The average Bonchev–Trinajstić information content (AvgIpc) is 2.07. The molecule has 0 saturated carbocycles. The van der Waals surface area contributed by atoms with Crippen LogP contribution in [0.3, 0.4) is 0 Å². The number of carbonyl (C=O) groups excluding carboxylic acids is 1. The molecule has 0 aromatic heterocycles. The van der Waals surface area contributed by atoms with Crippen molar-refractivity contribution in [1.29, 1.82) is 5.26 Å². The molecule has 0 bridgehead atoms. The van der Waals surface area contributed by atoms with Crippen molar-refractivity contribution in [2.75, 3.05) is 13.1 Å². The van der Waals surface area contributed by atoms with E-state index in [0.29, 0.717) is 12.8 Å². The Kier molecular flexibility index (Phi) is 2.59. The first-order chi connectivity index (χ1) is 5.22. The van der Waals surface area contributed by atoms with Crippen LogP contribution in [-0.4, -0.2) is 24.0 Å². The predicted molar refractivity (Wildman–Crippen MR) is 44.6 cm³/mol. The van der Waals surface area contributed by atoms with Gasteiger partial charge in [0.05, 0.1) is 6.07 Å². The highest BCUT2D eigenvalue weighted by atomic mass is 31.0. The third-order valence-corrected chi connectivity index (χ3v) is 2.65. The molecule has 0 aromatic rings. The van der Waals surface area contributed by atoms with E-state index in [2.05, 4.69) is 20.1 Å². The highest BCUT2D eigenvalue weighted by Crippen LogP contribution is 2.29. The Bertz CT molecular complexity index is 191. The minimum Gasteiger partial charge on any atom is -0.302 e. The minimum atomic E-state index is -0.687. The summed E-state index contributed by atoms with van der Waals surface area (Å²) >= 11 is 0. The maximum atomic E-state index is 10.6. The van der Waals surface area contributed by atoms with E-state index in [1.165, 1.54) is 0 Å². The Labute approximate surface area is 68.6 Å². The molecule has 0 aromatic carbocycles. The van der Waals surface area contributed by atoms with Crippen LogP contribution < -0.4 is 0 Å². The molecule has 0 N–H and O–H groups in total. The zero-order valence-corrected chi connectivity index (χ0v) is 7.44. The van der Waals surface area contributed by atoms with Gasteiger partial charge in [0, 0.05) is 13.1 Å². The van der Waals surface area contributed by atoms with Gasteiger partial charge in [0.2, 0.25) is 0 Å². The summed E-state index contributed by atoms with van der Waals surface area (Å²) < 4.78 is 2.05. The maximum Gasteiger partial charge on any atom is 0.140 e. The molecule has 1 heterocycles. The Hall–Kier alpha value is -0.450. The van der Waals surface area contributed by atoms with Gasteiger partial charge in [-0.25, -0.2) is 0 Å². The second kappa shape index (κ2) is 3.30. The number of hydrogen-bond donors (Lipinski definition) is 0. The smallest absolute Gasteiger partial charge is 0.140 e. The molecule has 1 unspecified atom stereocenters. The molecule has 0 spiro atoms. The van der Waals surface area contributed by atoms with E-state index in [4.69, 9.17) is 5.26 Å². The average molecular weight is 170 g/mol. The van der Waals surface area contributed by atoms with Gasteiger partial charge < -0.3 is 4.79 Å². The Morgan fingerprint density at radius 2 is 2.09 bits per heavy atom. The van der Waals surface area contributed by atoms with Crippen LogP contribution in [0.15, 0.2) is 0 Å². The molecule has 1 atom stereocenters. The summed E-state index contributed by atoms with van der Waals surface area (Å²) in [5, 5.41) is 8.72. The van der Waals surface area contributed by atoms with E-state index < -0.39 is 5.41 Å². The second-order valence-corrected chi connectivity index (χ2v) is 3.65. The lowest BCUT2D eigenvalue weighted by Gasteiger charge is -2.30. The molecular formula is C7H11N2OP. The van der Waals surface area contributed by atoms with Gasteiger partial charge in [-0.1, -0.05) is 9.39 Å². The van der Waals surface area contributed by atoms with Gasteiger partial charge in [0.15, 0.2) is 0 Å². The molecule has 1 fully saturated rings. The fourth-order valence-corrected chi connectivity index (χ4v) is 1.44. The van der Waals surface area contributed by atoms with Gasteiger partial charge in [0.1, 0.15) is 11.7 Å². The number of rotatable bonds is 1. The van der Waals surface area contributed by atoms with Crippen LogP contribution in [-0.2, 0) is 4.79 Å². The van der Waals surface area contributed by atoms with Crippen LogP contribution in [0.25, 0.3) is 0 Å². The van der Waals surface area contributed by atoms with Gasteiger partial charge in [-0.2, -0.15) is 5.26 Å². The third kappa shape index (κ3) is 1.77. The van der Waals surface area contributed by atoms with E-state index in [0.717, 1.165) is 19.4 Å². The summed E-state index contributed by atoms with van der Waals surface area (Å²) in [4.78, 5) is 10.6. The summed E-state index contributed by atoms with van der Waals surface area (Å²) in [5.74, 6) is 0. The van der Waals surface area contributed by atoms with Crippen molar-refractivity contribution in [3.8, 4) is 6.07 Å². The molecule has 3 nitrogen and oxygen atoms in total. The van der Waals surface area contributed by atoms with Crippen molar-refractivity contribution in [3.63, 3.8) is 0 Å². The van der Waals surface area contributed by atoms with E-state index in [-0.39, 0.29) is 0 Å². The lowest BCUT2D eigenvalue weighted by molar-refractivity contribution is -0.115. The number of piperidine rings is 1. The SMILES string of the molecule is N#CC1(C=O)CCN(P)CC1. The summed E-state index contributed by atoms with van der Waals surface area (Å²) in [6, 6.07) is 2.08. The molecular weight excluding hydrogens is 159 g/mol. The lowest BCUT2D eigenvalue weighted by Crippen LogP contribution is -2.35. The fraction of sp³-hybridized carbons (Fsp3) is 0.714. The number of hydrogen-bond acceptors (Lipinski definition) is 3. The fourth-order valence-electron chi connectivity index (χ4n) is 1.18. The van der Waals surface area contributed by atoms with Crippen molar-refractivity contribution in [2.45, 2.75) is 12.8 Å². The van der Waals surface area contributed by atoms with E-state index in [1.54, 1.807) is 0 Å². The van der Waals surface area contributed by atoms with E-state index in [1.807, 2.05) is 0 Å². The summed E-state index contributed by atoms with van der Waals surface area (Å²) in [7, 11) is 2.58. The van der Waals surface area contributed by atoms with Gasteiger partial charge in [-0.15, -0.1) is 0 Å². The third-order valence-electron chi connectivity index (χ3n) is 2.14. The molecule has 0 aliphatic carbocycles. The Morgan fingerprint density at radius 3 is 2.45 bits per heavy atom. The molecule has 1 saturated heterocycles. The van der Waals surface area contributed by atoms with Crippen molar-refractivity contribution >= 4 is 15.7 Å². The zero-order chi connectivity index (χ0) is 8.32. The number of nitriles is 1. The van der Waals surface area contributed by atoms with Crippen molar-refractivity contribution in [2.24, 2.45) is 5.41 Å². The highest BCUT2D eigenvalue weighted by molar-refractivity contribution is 7.13. The van der Waals surface area contributed by atoms with Gasteiger partial charge in [-0.05, 0) is 12.8 Å². The predicted octanol–water partition coefficient (Wildman–Crippen LogP) is 0.581. The zero-order valence-electron chi connectivity index (χ0n) is 6.29. The first kappa shape index (κ1) is 8.64. The Morgan fingerprint density at radius 1 is 1.55 bits per heavy atom. The minimum absolute atomic E-state index is 0.663. The van der Waals surface area contributed by atoms with Gasteiger partial charge in [-0.3, -0.25) is 4.67 Å². The molecule has 1 rings (SSSR count). The molecule has 1 aliphatic heterocycles. The topological polar surface area (TPSA) is 44.1 Å². The standard InChI is InChI=1S/C7H11N2OP/c8-5-7(6-10)1-3-9(11)4-2-7/h6H,1-4,11H2. The van der Waals surface area contributed by atoms with E-state index in [9.17, 15) is 4.79 Å². The number of aldehydes is 1. The lowest BCUT2D eigenvalue weighted by atomic mass is 9.82. The maximum absolute atomic E-state index is 10.6. The van der Waals surface area contributed by atoms with Crippen LogP contribution in [0.1, 0.15) is 12.8 Å². The van der Waals surface area contributed by atoms with Gasteiger partial charge >= 0.3 is 0 Å². The summed E-state index contributed by atoms with van der Waals surface area (Å²) in [6.07, 6.45) is 2.12. The number of carbonyl (C=O) groups is 1. The molecule has 0 radical (unpaired) electrons. The molecule has 60 valence electrons. The largest absolute Gasteiger partial charge is 0.302 e. The first-order valence-electron chi connectivity index (χ1n) is 3.60. The van der Waals surface area contributed by atoms with Crippen molar-refractivity contribution in [3.05, 3.63) is 0 Å². The number of nitrogens with zero attached hydrogens (tertiary/aromatic N) is 2. The molecule has 4 heteroatoms. The second-order valence-electron chi connectivity index (χ2n) is 2.92. The normalized spacial score (nSPS) is 24.0. The summed E-state index contributed by atoms with van der Waals surface area (Å²) in [6.45, 7) is 1.63. The highest BCUT2D eigenvalue weighted by Gasteiger charge is 2.33. The van der Waals surface area contributed by atoms with Crippen LogP contribution >= 0.6 is 9.39 Å². The van der Waals surface area contributed by atoms with Gasteiger partial charge in [0.25, 0.3) is 0 Å². The quantitative estimate of drug-likeness (QED) is 0.427. The summed E-state index contributed by atoms with van der Waals surface area (Å²) in [5.41, 5.74) is -0.687. The van der Waals surface area contributed by atoms with Crippen LogP contribution in [0.4, 0.5) is 0 Å². The van der Waals surface area contributed by atoms with Crippen molar-refractivity contribution < 1.29 is 4.79 Å². The monoisotopic (exact) mass is 170 g/mol. The molecule has 1 aliphatic rings. The van der Waals surface area contributed by atoms with Crippen LogP contribution in [0.5, 0.6) is 0 Å². The van der Waals surface area contributed by atoms with Crippen molar-refractivity contribution in [1.82, 2.24) is 4.67 Å². The van der Waals surface area contributed by atoms with Crippen LogP contribution in [0.2, 0.25) is 0 Å².